The van der Waals surface area contributed by atoms with Crippen LogP contribution >= 0.6 is 15.9 Å². The number of halogens is 1. The van der Waals surface area contributed by atoms with E-state index in [1.807, 2.05) is 12.3 Å². The highest BCUT2D eigenvalue weighted by Crippen LogP contribution is 2.63. The van der Waals surface area contributed by atoms with Gasteiger partial charge in [-0.3, -0.25) is 0 Å². The SMILES string of the molecule is BrC1=NC=C(c2c3ccccc3c(-c3ccc4c(c3)C3(c5ccccc5-c5ccccc53)c3ccccc3-4)c3ccccc23)CC=C1. The van der Waals surface area contributed by atoms with E-state index in [0.29, 0.717) is 0 Å². The van der Waals surface area contributed by atoms with E-state index in [2.05, 4.69) is 162 Å². The maximum absolute atomic E-state index is 4.70. The number of hydrogen-bond donors (Lipinski definition) is 0. The van der Waals surface area contributed by atoms with Gasteiger partial charge in [0, 0.05) is 6.20 Å². The van der Waals surface area contributed by atoms with Gasteiger partial charge in [-0.2, -0.15) is 0 Å². The van der Waals surface area contributed by atoms with Gasteiger partial charge in [0.15, 0.2) is 0 Å². The van der Waals surface area contributed by atoms with Crippen molar-refractivity contribution in [2.75, 3.05) is 0 Å². The molecule has 3 aliphatic rings. The minimum Gasteiger partial charge on any atom is -0.249 e. The number of hydrogen-bond acceptors (Lipinski definition) is 1. The van der Waals surface area contributed by atoms with Gasteiger partial charge < -0.3 is 0 Å². The fraction of sp³-hybridized carbons (Fsp3) is 0.0444. The summed E-state index contributed by atoms with van der Waals surface area (Å²) in [7, 11) is 0. The van der Waals surface area contributed by atoms with Gasteiger partial charge in [-0.05, 0) is 123 Å². The lowest BCUT2D eigenvalue weighted by Gasteiger charge is -2.31. The molecule has 0 fully saturated rings. The van der Waals surface area contributed by atoms with Crippen LogP contribution in [0.5, 0.6) is 0 Å². The Morgan fingerprint density at radius 2 is 0.957 bits per heavy atom. The third-order valence-electron chi connectivity index (χ3n) is 10.5. The molecule has 1 aliphatic heterocycles. The molecule has 10 rings (SSSR count). The van der Waals surface area contributed by atoms with E-state index in [4.69, 9.17) is 4.99 Å². The van der Waals surface area contributed by atoms with Crippen molar-refractivity contribution in [3.05, 3.63) is 186 Å². The van der Waals surface area contributed by atoms with Crippen LogP contribution in [-0.2, 0) is 5.41 Å². The van der Waals surface area contributed by atoms with Crippen LogP contribution < -0.4 is 0 Å². The van der Waals surface area contributed by atoms with Crippen molar-refractivity contribution in [3.63, 3.8) is 0 Å². The van der Waals surface area contributed by atoms with Crippen LogP contribution in [0.2, 0.25) is 0 Å². The molecule has 2 heteroatoms. The lowest BCUT2D eigenvalue weighted by atomic mass is 9.70. The predicted molar refractivity (Wildman–Crippen MR) is 201 cm³/mol. The van der Waals surface area contributed by atoms with Gasteiger partial charge >= 0.3 is 0 Å². The highest BCUT2D eigenvalue weighted by Gasteiger charge is 2.51. The van der Waals surface area contributed by atoms with Gasteiger partial charge in [0.2, 0.25) is 0 Å². The number of nitrogens with zero attached hydrogens (tertiary/aromatic N) is 1. The first-order valence-corrected chi connectivity index (χ1v) is 17.0. The zero-order valence-corrected chi connectivity index (χ0v) is 27.1. The molecular weight excluding hydrogens is 634 g/mol. The second kappa shape index (κ2) is 10.1. The lowest BCUT2D eigenvalue weighted by molar-refractivity contribution is 0.794. The predicted octanol–water partition coefficient (Wildman–Crippen LogP) is 12.1. The Balaban J connectivity index is 1.31. The standard InChI is InChI=1S/C45H28BrN/c46-42-23-11-12-29(27-47-42)44-36-18-3-1-16-34(36)43(35-17-2-4-19-37(35)44)28-24-25-33-32-15-7-10-22-40(32)45(41(33)26-28)38-20-8-5-13-30(38)31-14-6-9-21-39(31)45/h1-11,13-27H,12H2. The molecule has 0 bridgehead atoms. The van der Waals surface area contributed by atoms with Crippen LogP contribution in [0.1, 0.15) is 34.2 Å². The Morgan fingerprint density at radius 1 is 0.489 bits per heavy atom. The van der Waals surface area contributed by atoms with Gasteiger partial charge in [0.25, 0.3) is 0 Å². The molecule has 2 aliphatic carbocycles. The number of aliphatic imine (C=N–C) groups is 1. The quantitative estimate of drug-likeness (QED) is 0.163. The Bertz CT molecular complexity index is 2440. The molecule has 0 atom stereocenters. The summed E-state index contributed by atoms with van der Waals surface area (Å²) in [5.41, 5.74) is 15.4. The van der Waals surface area contributed by atoms with Crippen LogP contribution in [0.15, 0.2) is 163 Å². The average Bonchev–Trinajstić information content (AvgIpc) is 3.48. The van der Waals surface area contributed by atoms with E-state index in [1.165, 1.54) is 88.3 Å². The van der Waals surface area contributed by atoms with Crippen molar-refractivity contribution in [1.82, 2.24) is 0 Å². The molecule has 0 saturated heterocycles. The van der Waals surface area contributed by atoms with E-state index in [1.54, 1.807) is 0 Å². The van der Waals surface area contributed by atoms with Crippen molar-refractivity contribution in [2.45, 2.75) is 11.8 Å². The highest BCUT2D eigenvalue weighted by molar-refractivity contribution is 9.18. The summed E-state index contributed by atoms with van der Waals surface area (Å²) >= 11 is 3.58. The number of benzene rings is 7. The molecule has 0 radical (unpaired) electrons. The Hall–Kier alpha value is -5.31. The van der Waals surface area contributed by atoms with Gasteiger partial charge in [-0.1, -0.05) is 140 Å². The number of allylic oxidation sites excluding steroid dienone is 3. The molecule has 7 aromatic carbocycles. The minimum absolute atomic E-state index is 0.371. The molecule has 47 heavy (non-hydrogen) atoms. The topological polar surface area (TPSA) is 12.4 Å². The normalized spacial score (nSPS) is 15.2. The average molecular weight is 663 g/mol. The Morgan fingerprint density at radius 3 is 1.51 bits per heavy atom. The second-order valence-electron chi connectivity index (χ2n) is 12.7. The Labute approximate surface area is 282 Å². The fourth-order valence-electron chi connectivity index (χ4n) is 8.72. The molecule has 0 N–H and O–H groups in total. The smallest absolute Gasteiger partial charge is 0.105 e. The van der Waals surface area contributed by atoms with Gasteiger partial charge in [-0.15, -0.1) is 0 Å². The summed E-state index contributed by atoms with van der Waals surface area (Å²) in [6.07, 6.45) is 7.09. The maximum atomic E-state index is 4.70. The molecule has 0 saturated carbocycles. The van der Waals surface area contributed by atoms with Crippen LogP contribution in [0.4, 0.5) is 0 Å². The first-order valence-electron chi connectivity index (χ1n) is 16.2. The lowest BCUT2D eigenvalue weighted by Crippen LogP contribution is -2.25. The van der Waals surface area contributed by atoms with E-state index < -0.39 is 0 Å². The molecule has 0 aromatic heterocycles. The second-order valence-corrected chi connectivity index (χ2v) is 13.5. The van der Waals surface area contributed by atoms with Crippen LogP contribution in [0.25, 0.3) is 60.5 Å². The molecule has 1 heterocycles. The number of rotatable bonds is 2. The third kappa shape index (κ3) is 3.62. The third-order valence-corrected chi connectivity index (χ3v) is 10.9. The van der Waals surface area contributed by atoms with Crippen LogP contribution in [-0.4, -0.2) is 4.62 Å². The first kappa shape index (κ1) is 26.9. The van der Waals surface area contributed by atoms with Crippen molar-refractivity contribution in [1.29, 1.82) is 0 Å². The van der Waals surface area contributed by atoms with Crippen LogP contribution in [0.3, 0.4) is 0 Å². The largest absolute Gasteiger partial charge is 0.249 e. The maximum Gasteiger partial charge on any atom is 0.105 e. The van der Waals surface area contributed by atoms with Gasteiger partial charge in [-0.25, -0.2) is 4.99 Å². The summed E-state index contributed by atoms with van der Waals surface area (Å²) in [5.74, 6) is 0. The van der Waals surface area contributed by atoms with Gasteiger partial charge in [0.05, 0.1) is 5.41 Å². The summed E-state index contributed by atoms with van der Waals surface area (Å²) in [6, 6.07) is 52.2. The van der Waals surface area contributed by atoms with Crippen molar-refractivity contribution < 1.29 is 0 Å². The molecule has 220 valence electrons. The van der Waals surface area contributed by atoms with E-state index in [0.717, 1.165) is 11.0 Å². The zero-order chi connectivity index (χ0) is 31.1. The molecule has 7 aromatic rings. The van der Waals surface area contributed by atoms with Gasteiger partial charge in [0.1, 0.15) is 4.62 Å². The summed E-state index contributed by atoms with van der Waals surface area (Å²) in [4.78, 5) is 4.70. The number of fused-ring (bicyclic) bond motifs is 12. The summed E-state index contributed by atoms with van der Waals surface area (Å²) in [5, 5.41) is 5.03. The van der Waals surface area contributed by atoms with Crippen molar-refractivity contribution >= 4 is 47.7 Å². The van der Waals surface area contributed by atoms with E-state index in [-0.39, 0.29) is 5.41 Å². The summed E-state index contributed by atoms with van der Waals surface area (Å²) < 4.78 is 0.848. The van der Waals surface area contributed by atoms with E-state index in [9.17, 15) is 0 Å². The Kier molecular flexibility index (Phi) is 5.77. The molecule has 1 spiro atoms. The minimum atomic E-state index is -0.371. The monoisotopic (exact) mass is 661 g/mol. The molecule has 0 amide bonds. The zero-order valence-electron chi connectivity index (χ0n) is 25.5. The molecule has 1 nitrogen and oxygen atoms in total. The summed E-state index contributed by atoms with van der Waals surface area (Å²) in [6.45, 7) is 0. The van der Waals surface area contributed by atoms with Crippen molar-refractivity contribution in [3.8, 4) is 33.4 Å². The fourth-order valence-corrected chi connectivity index (χ4v) is 9.01. The molecular formula is C45H28BrN. The first-order chi connectivity index (χ1) is 23.2. The molecule has 0 unspecified atom stereocenters. The van der Waals surface area contributed by atoms with Crippen LogP contribution in [0, 0.1) is 0 Å². The van der Waals surface area contributed by atoms with Crippen molar-refractivity contribution in [2.24, 2.45) is 4.99 Å². The van der Waals surface area contributed by atoms with E-state index >= 15 is 0 Å². The highest BCUT2D eigenvalue weighted by atomic mass is 79.9.